The van der Waals surface area contributed by atoms with Crippen LogP contribution >= 0.6 is 0 Å². The first-order valence-corrected chi connectivity index (χ1v) is 11.1. The molecule has 2 saturated heterocycles. The van der Waals surface area contributed by atoms with Gasteiger partial charge in [0.1, 0.15) is 12.7 Å². The summed E-state index contributed by atoms with van der Waals surface area (Å²) >= 11 is 0. The first-order chi connectivity index (χ1) is 15.1. The fraction of sp³-hybridized carbons (Fsp3) is 0.609. The van der Waals surface area contributed by atoms with Crippen molar-refractivity contribution in [1.29, 1.82) is 0 Å². The molecule has 0 saturated carbocycles. The highest BCUT2D eigenvalue weighted by Gasteiger charge is 2.42. The first-order valence-electron chi connectivity index (χ1n) is 11.1. The van der Waals surface area contributed by atoms with Crippen LogP contribution in [0.1, 0.15) is 37.7 Å². The summed E-state index contributed by atoms with van der Waals surface area (Å²) in [6, 6.07) is 6.07. The van der Waals surface area contributed by atoms with E-state index in [0.717, 1.165) is 69.2 Å². The number of hydrogen-bond donors (Lipinski definition) is 0. The second kappa shape index (κ2) is 9.68. The van der Waals surface area contributed by atoms with Gasteiger partial charge in [0.2, 0.25) is 5.91 Å². The maximum absolute atomic E-state index is 12.8. The van der Waals surface area contributed by atoms with E-state index in [-0.39, 0.29) is 11.3 Å². The molecule has 1 aromatic carbocycles. The van der Waals surface area contributed by atoms with Crippen LogP contribution in [0.15, 0.2) is 30.9 Å². The second-order valence-electron chi connectivity index (χ2n) is 8.79. The number of rotatable bonds is 8. The molecule has 1 amide bonds. The van der Waals surface area contributed by atoms with E-state index in [4.69, 9.17) is 9.47 Å². The van der Waals surface area contributed by atoms with E-state index in [1.165, 1.54) is 19.2 Å². The number of carbonyl (C=O) groups excluding carboxylic acids is 1. The molecule has 1 aromatic heterocycles. The molecule has 1 spiro atoms. The molecule has 31 heavy (non-hydrogen) atoms. The Morgan fingerprint density at radius 3 is 2.84 bits per heavy atom. The monoisotopic (exact) mass is 427 g/mol. The third-order valence-electron chi connectivity index (χ3n) is 6.65. The summed E-state index contributed by atoms with van der Waals surface area (Å²) in [4.78, 5) is 21.3. The Morgan fingerprint density at radius 1 is 1.16 bits per heavy atom. The molecule has 0 radical (unpaired) electrons. The summed E-state index contributed by atoms with van der Waals surface area (Å²) in [5.74, 6) is 1.86. The molecule has 0 N–H and O–H groups in total. The predicted octanol–water partition coefficient (Wildman–Crippen LogP) is 2.59. The molecule has 8 heteroatoms. The van der Waals surface area contributed by atoms with E-state index >= 15 is 0 Å². The van der Waals surface area contributed by atoms with Gasteiger partial charge >= 0.3 is 0 Å². The molecule has 168 valence electrons. The number of nitrogens with zero attached hydrogens (tertiary/aromatic N) is 5. The average molecular weight is 428 g/mol. The maximum Gasteiger partial charge on any atom is 0.222 e. The smallest absolute Gasteiger partial charge is 0.222 e. The lowest BCUT2D eigenvalue weighted by molar-refractivity contribution is -0.130. The highest BCUT2D eigenvalue weighted by molar-refractivity contribution is 5.76. The number of para-hydroxylation sites is 1. The highest BCUT2D eigenvalue weighted by Crippen LogP contribution is 2.40. The molecule has 4 rings (SSSR count). The van der Waals surface area contributed by atoms with Crippen LogP contribution in [0.2, 0.25) is 0 Å². The Balaban J connectivity index is 1.32. The summed E-state index contributed by atoms with van der Waals surface area (Å²) < 4.78 is 12.9. The quantitative estimate of drug-likeness (QED) is 0.645. The van der Waals surface area contributed by atoms with Crippen molar-refractivity contribution in [2.75, 3.05) is 40.4 Å². The van der Waals surface area contributed by atoms with Crippen molar-refractivity contribution in [3.05, 3.63) is 36.4 Å². The Labute approximate surface area is 184 Å². The minimum absolute atomic E-state index is 0.214. The molecule has 2 fully saturated rings. The number of piperidine rings is 1. The van der Waals surface area contributed by atoms with Gasteiger partial charge in [-0.1, -0.05) is 12.1 Å². The van der Waals surface area contributed by atoms with Gasteiger partial charge in [0.25, 0.3) is 0 Å². The van der Waals surface area contributed by atoms with Crippen molar-refractivity contribution in [2.45, 2.75) is 45.2 Å². The number of amides is 1. The topological polar surface area (TPSA) is 72.7 Å². The summed E-state index contributed by atoms with van der Waals surface area (Å²) in [7, 11) is 3.37. The molecular weight excluding hydrogens is 394 g/mol. The van der Waals surface area contributed by atoms with Crippen molar-refractivity contribution >= 4 is 5.91 Å². The van der Waals surface area contributed by atoms with Gasteiger partial charge in [-0.15, -0.1) is 0 Å². The van der Waals surface area contributed by atoms with E-state index < -0.39 is 0 Å². The number of likely N-dealkylation sites (tertiary alicyclic amines) is 2. The van der Waals surface area contributed by atoms with Gasteiger partial charge in [0.05, 0.1) is 14.2 Å². The van der Waals surface area contributed by atoms with Crippen LogP contribution in [-0.4, -0.2) is 70.9 Å². The molecule has 2 aliphatic rings. The third kappa shape index (κ3) is 5.01. The van der Waals surface area contributed by atoms with E-state index in [9.17, 15) is 4.79 Å². The summed E-state index contributed by atoms with van der Waals surface area (Å²) in [5, 5.41) is 4.10. The fourth-order valence-electron chi connectivity index (χ4n) is 5.14. The number of aryl methyl sites for hydroxylation is 1. The van der Waals surface area contributed by atoms with E-state index in [0.29, 0.717) is 6.42 Å². The first kappa shape index (κ1) is 21.6. The summed E-state index contributed by atoms with van der Waals surface area (Å²) in [5.41, 5.74) is 1.37. The number of aromatic nitrogens is 3. The Bertz CT molecular complexity index is 872. The standard InChI is InChI=1S/C23H33N5O3/c1-30-20-7-3-6-19(22(20)31-2)14-26-11-5-9-23(15-26)10-13-27(16-23)21(29)8-4-12-28-18-24-17-25-28/h3,6-7,17-18H,4-5,8-16H2,1-2H3/t23-/m0/s1. The Morgan fingerprint density at radius 2 is 2.06 bits per heavy atom. The van der Waals surface area contributed by atoms with Crippen LogP contribution < -0.4 is 9.47 Å². The van der Waals surface area contributed by atoms with Crippen LogP contribution in [0.25, 0.3) is 0 Å². The van der Waals surface area contributed by atoms with Gasteiger partial charge < -0.3 is 14.4 Å². The van der Waals surface area contributed by atoms with Crippen molar-refractivity contribution in [3.8, 4) is 11.5 Å². The predicted molar refractivity (Wildman–Crippen MR) is 117 cm³/mol. The van der Waals surface area contributed by atoms with Crippen LogP contribution in [0.4, 0.5) is 0 Å². The molecule has 0 aliphatic carbocycles. The molecular formula is C23H33N5O3. The average Bonchev–Trinajstić information content (AvgIpc) is 3.44. The minimum Gasteiger partial charge on any atom is -0.493 e. The summed E-state index contributed by atoms with van der Waals surface area (Å²) in [6.45, 7) is 5.43. The molecule has 3 heterocycles. The second-order valence-corrected chi connectivity index (χ2v) is 8.79. The zero-order valence-electron chi connectivity index (χ0n) is 18.6. The highest BCUT2D eigenvalue weighted by atomic mass is 16.5. The van der Waals surface area contributed by atoms with Gasteiger partial charge in [-0.05, 0) is 38.3 Å². The van der Waals surface area contributed by atoms with Crippen LogP contribution in [0.3, 0.4) is 0 Å². The number of carbonyl (C=O) groups is 1. The lowest BCUT2D eigenvalue weighted by atomic mass is 9.79. The molecule has 0 bridgehead atoms. The zero-order valence-corrected chi connectivity index (χ0v) is 18.6. The Kier molecular flexibility index (Phi) is 6.75. The molecule has 8 nitrogen and oxygen atoms in total. The number of benzene rings is 1. The van der Waals surface area contributed by atoms with Crippen LogP contribution in [0.5, 0.6) is 11.5 Å². The van der Waals surface area contributed by atoms with Crippen molar-refractivity contribution in [1.82, 2.24) is 24.6 Å². The fourth-order valence-corrected chi connectivity index (χ4v) is 5.14. The van der Waals surface area contributed by atoms with Gasteiger partial charge in [-0.2, -0.15) is 5.10 Å². The number of ether oxygens (including phenoxy) is 2. The van der Waals surface area contributed by atoms with Crippen molar-refractivity contribution in [3.63, 3.8) is 0 Å². The Hall–Kier alpha value is -2.61. The normalized spacial score (nSPS) is 21.5. The van der Waals surface area contributed by atoms with Gasteiger partial charge in [-0.3, -0.25) is 14.4 Å². The molecule has 1 atom stereocenters. The van der Waals surface area contributed by atoms with E-state index in [2.05, 4.69) is 25.9 Å². The van der Waals surface area contributed by atoms with Crippen molar-refractivity contribution in [2.24, 2.45) is 5.41 Å². The van der Waals surface area contributed by atoms with Gasteiger partial charge in [-0.25, -0.2) is 4.98 Å². The SMILES string of the molecule is COc1cccc(CN2CCC[C@]3(CCN(C(=O)CCCn4cncn4)C3)C2)c1OC. The summed E-state index contributed by atoms with van der Waals surface area (Å²) in [6.07, 6.45) is 8.05. The van der Waals surface area contributed by atoms with Crippen LogP contribution in [-0.2, 0) is 17.9 Å². The maximum atomic E-state index is 12.8. The molecule has 2 aliphatic heterocycles. The number of hydrogen-bond acceptors (Lipinski definition) is 6. The zero-order chi connectivity index (χ0) is 21.7. The van der Waals surface area contributed by atoms with Crippen molar-refractivity contribution < 1.29 is 14.3 Å². The largest absolute Gasteiger partial charge is 0.493 e. The molecule has 0 unspecified atom stereocenters. The van der Waals surface area contributed by atoms with E-state index in [1.54, 1.807) is 25.2 Å². The van der Waals surface area contributed by atoms with Gasteiger partial charge in [0.15, 0.2) is 11.5 Å². The van der Waals surface area contributed by atoms with Gasteiger partial charge in [0, 0.05) is 50.1 Å². The van der Waals surface area contributed by atoms with Crippen LogP contribution in [0, 0.1) is 5.41 Å². The lowest BCUT2D eigenvalue weighted by Gasteiger charge is -2.40. The van der Waals surface area contributed by atoms with E-state index in [1.807, 2.05) is 12.1 Å². The molecule has 2 aromatic rings. The lowest BCUT2D eigenvalue weighted by Crippen LogP contribution is -2.45. The number of methoxy groups -OCH3 is 2. The third-order valence-corrected chi connectivity index (χ3v) is 6.65. The minimum atomic E-state index is 0.214.